The van der Waals surface area contributed by atoms with Crippen LogP contribution in [-0.2, 0) is 19.1 Å². The van der Waals surface area contributed by atoms with E-state index in [1.54, 1.807) is 6.08 Å². The van der Waals surface area contributed by atoms with Crippen LogP contribution in [-0.4, -0.2) is 40.1 Å². The second kappa shape index (κ2) is 8.80. The van der Waals surface area contributed by atoms with Crippen LogP contribution in [0.25, 0.3) is 0 Å². The maximum Gasteiger partial charge on any atom is 0.337 e. The first kappa shape index (κ1) is 19.3. The maximum atomic E-state index is 12.0. The van der Waals surface area contributed by atoms with Crippen molar-refractivity contribution in [3.8, 4) is 6.07 Å². The highest BCUT2D eigenvalue weighted by Gasteiger charge is 2.21. The van der Waals surface area contributed by atoms with Gasteiger partial charge in [0.1, 0.15) is 6.07 Å². The van der Waals surface area contributed by atoms with Crippen LogP contribution in [0.15, 0.2) is 23.3 Å². The molecule has 5 nitrogen and oxygen atoms in total. The molecule has 0 radical (unpaired) electrons. The Balaban J connectivity index is 2.81. The monoisotopic (exact) mass is 335 g/mol. The summed E-state index contributed by atoms with van der Waals surface area (Å²) in [5, 5.41) is 9.03. The summed E-state index contributed by atoms with van der Waals surface area (Å²) in [7, 11) is 0.143. The van der Waals surface area contributed by atoms with Gasteiger partial charge in [0.2, 0.25) is 0 Å². The summed E-state index contributed by atoms with van der Waals surface area (Å²) in [6.07, 6.45) is 3.92. The van der Waals surface area contributed by atoms with Gasteiger partial charge in [0.15, 0.2) is 5.78 Å². The Morgan fingerprint density at radius 2 is 2.13 bits per heavy atom. The van der Waals surface area contributed by atoms with Crippen LogP contribution in [0.3, 0.4) is 0 Å². The predicted octanol–water partition coefficient (Wildman–Crippen LogP) is 2.87. The van der Waals surface area contributed by atoms with Gasteiger partial charge in [-0.2, -0.15) is 5.26 Å². The zero-order valence-corrected chi connectivity index (χ0v) is 15.3. The number of nitriles is 1. The number of carbonyl (C=O) groups is 2. The van der Waals surface area contributed by atoms with Crippen LogP contribution in [0.1, 0.15) is 12.8 Å². The highest BCUT2D eigenvalue weighted by atomic mass is 28.3. The van der Waals surface area contributed by atoms with Crippen molar-refractivity contribution in [2.24, 2.45) is 5.92 Å². The van der Waals surface area contributed by atoms with Crippen molar-refractivity contribution in [1.29, 1.82) is 5.26 Å². The van der Waals surface area contributed by atoms with Gasteiger partial charge in [-0.05, 0) is 18.5 Å². The average molecular weight is 335 g/mol. The Labute approximate surface area is 139 Å². The summed E-state index contributed by atoms with van der Waals surface area (Å²) < 4.78 is 10.5. The number of carbonyl (C=O) groups excluding carboxylic acids is 2. The molecule has 0 spiro atoms. The molecule has 0 amide bonds. The molecule has 1 aliphatic rings. The molecular formula is C17H25NO4Si. The molecule has 0 aromatic rings. The number of ether oxygens (including phenoxy) is 2. The smallest absolute Gasteiger partial charge is 0.337 e. The third kappa shape index (κ3) is 6.93. The molecule has 0 fully saturated rings. The lowest BCUT2D eigenvalue weighted by molar-refractivity contribution is -0.135. The van der Waals surface area contributed by atoms with E-state index in [9.17, 15) is 9.59 Å². The molecule has 1 rings (SSSR count). The number of esters is 1. The first-order chi connectivity index (χ1) is 10.8. The van der Waals surface area contributed by atoms with Crippen LogP contribution < -0.4 is 0 Å². The standard InChI is InChI=1S/C17H25NO4Si/c1-21-17(20)14-9-13(12-22-7-8-23(2,3)4)5-6-16(19)15(10-14)11-18/h9-10,13H,5-8,12H2,1-4H3/b14-9+,15-10-. The summed E-state index contributed by atoms with van der Waals surface area (Å²) in [5.74, 6) is -0.820. The molecule has 0 aromatic heterocycles. The normalized spacial score (nSPS) is 23.6. The van der Waals surface area contributed by atoms with E-state index in [-0.39, 0.29) is 29.3 Å². The van der Waals surface area contributed by atoms with Crippen molar-refractivity contribution >= 4 is 19.8 Å². The van der Waals surface area contributed by atoms with Gasteiger partial charge >= 0.3 is 5.97 Å². The van der Waals surface area contributed by atoms with Crippen LogP contribution in [0, 0.1) is 17.2 Å². The van der Waals surface area contributed by atoms with Crippen molar-refractivity contribution in [1.82, 2.24) is 0 Å². The van der Waals surface area contributed by atoms with Gasteiger partial charge in [-0.1, -0.05) is 25.7 Å². The number of hydrogen-bond donors (Lipinski definition) is 0. The quantitative estimate of drug-likeness (QED) is 0.424. The predicted molar refractivity (Wildman–Crippen MR) is 90.5 cm³/mol. The minimum Gasteiger partial charge on any atom is -0.465 e. The summed E-state index contributed by atoms with van der Waals surface area (Å²) >= 11 is 0. The van der Waals surface area contributed by atoms with Gasteiger partial charge in [-0.25, -0.2) is 4.79 Å². The number of Topliss-reactive ketones (excluding diaryl/α,β-unsaturated/α-hetero) is 1. The van der Waals surface area contributed by atoms with Crippen LogP contribution >= 0.6 is 0 Å². The second-order valence-corrected chi connectivity index (χ2v) is 12.5. The topological polar surface area (TPSA) is 76.4 Å². The van der Waals surface area contributed by atoms with Gasteiger partial charge < -0.3 is 9.47 Å². The number of ketones is 1. The van der Waals surface area contributed by atoms with E-state index in [0.717, 1.165) is 6.04 Å². The molecule has 126 valence electrons. The van der Waals surface area contributed by atoms with E-state index < -0.39 is 14.0 Å². The third-order valence-electron chi connectivity index (χ3n) is 3.63. The van der Waals surface area contributed by atoms with Crippen molar-refractivity contribution < 1.29 is 19.1 Å². The summed E-state index contributed by atoms with van der Waals surface area (Å²) in [4.78, 5) is 23.8. The summed E-state index contributed by atoms with van der Waals surface area (Å²) in [6.45, 7) is 8.02. The molecule has 0 saturated heterocycles. The molecule has 0 N–H and O–H groups in total. The molecule has 0 saturated carbocycles. The molecule has 1 unspecified atom stereocenters. The Morgan fingerprint density at radius 1 is 1.43 bits per heavy atom. The van der Waals surface area contributed by atoms with Crippen molar-refractivity contribution in [3.05, 3.63) is 23.3 Å². The zero-order chi connectivity index (χ0) is 17.5. The molecule has 6 heteroatoms. The van der Waals surface area contributed by atoms with Crippen molar-refractivity contribution in [2.75, 3.05) is 20.3 Å². The van der Waals surface area contributed by atoms with Crippen molar-refractivity contribution in [3.63, 3.8) is 0 Å². The minimum absolute atomic E-state index is 0.000231. The third-order valence-corrected chi connectivity index (χ3v) is 5.33. The van der Waals surface area contributed by atoms with Crippen LogP contribution in [0.4, 0.5) is 0 Å². The highest BCUT2D eigenvalue weighted by molar-refractivity contribution is 6.76. The lowest BCUT2D eigenvalue weighted by Crippen LogP contribution is -2.23. The number of methoxy groups -OCH3 is 1. The zero-order valence-electron chi connectivity index (χ0n) is 14.3. The van der Waals surface area contributed by atoms with Gasteiger partial charge in [0.25, 0.3) is 0 Å². The molecule has 1 aliphatic carbocycles. The number of hydrogen-bond acceptors (Lipinski definition) is 5. The van der Waals surface area contributed by atoms with E-state index in [1.807, 2.05) is 6.07 Å². The molecule has 0 aromatic carbocycles. The fourth-order valence-electron chi connectivity index (χ4n) is 2.16. The number of rotatable bonds is 6. The Morgan fingerprint density at radius 3 is 2.70 bits per heavy atom. The molecule has 0 aliphatic heterocycles. The Kier molecular flexibility index (Phi) is 7.40. The summed E-state index contributed by atoms with van der Waals surface area (Å²) in [6, 6.07) is 2.92. The van der Waals surface area contributed by atoms with Gasteiger partial charge in [-0.15, -0.1) is 0 Å². The van der Waals surface area contributed by atoms with Crippen LogP contribution in [0.2, 0.25) is 25.7 Å². The molecule has 23 heavy (non-hydrogen) atoms. The first-order valence-electron chi connectivity index (χ1n) is 7.79. The molecule has 0 bridgehead atoms. The fraction of sp³-hybridized carbons (Fsp3) is 0.588. The van der Waals surface area contributed by atoms with E-state index in [1.165, 1.54) is 13.2 Å². The van der Waals surface area contributed by atoms with Gasteiger partial charge in [0.05, 0.1) is 24.9 Å². The largest absolute Gasteiger partial charge is 0.465 e. The number of nitrogens with zero attached hydrogens (tertiary/aromatic N) is 1. The van der Waals surface area contributed by atoms with E-state index >= 15 is 0 Å². The van der Waals surface area contributed by atoms with Gasteiger partial charge in [0, 0.05) is 27.0 Å². The minimum atomic E-state index is -1.14. The fourth-order valence-corrected chi connectivity index (χ4v) is 2.91. The van der Waals surface area contributed by atoms with E-state index in [0.29, 0.717) is 19.6 Å². The lowest BCUT2D eigenvalue weighted by atomic mass is 9.92. The second-order valence-electron chi connectivity index (χ2n) is 6.89. The number of allylic oxidation sites excluding steroid dienone is 1. The summed E-state index contributed by atoms with van der Waals surface area (Å²) in [5.41, 5.74) is 0.246. The Hall–Kier alpha value is -1.71. The first-order valence-corrected chi connectivity index (χ1v) is 11.5. The highest BCUT2D eigenvalue weighted by Crippen LogP contribution is 2.20. The lowest BCUT2D eigenvalue weighted by Gasteiger charge is -2.19. The van der Waals surface area contributed by atoms with Gasteiger partial charge in [-0.3, -0.25) is 4.79 Å². The molecular weight excluding hydrogens is 310 g/mol. The van der Waals surface area contributed by atoms with Crippen molar-refractivity contribution in [2.45, 2.75) is 38.5 Å². The SMILES string of the molecule is COC(=O)C1=C/C(COCC[Si](C)(C)C)CCC(=O)/C(C#N)=C\1. The average Bonchev–Trinajstić information content (AvgIpc) is 2.48. The van der Waals surface area contributed by atoms with Crippen LogP contribution in [0.5, 0.6) is 0 Å². The molecule has 0 heterocycles. The maximum absolute atomic E-state index is 12.0. The van der Waals surface area contributed by atoms with E-state index in [2.05, 4.69) is 19.6 Å². The molecule has 1 atom stereocenters. The van der Waals surface area contributed by atoms with E-state index in [4.69, 9.17) is 14.7 Å². The Bertz CT molecular complexity index is 552.